The largest absolute Gasteiger partial charge is 0.507 e. The maximum Gasteiger partial charge on any atom is 0.337 e. The molecule has 0 spiro atoms. The number of nitrogens with two attached hydrogens (primary N) is 1. The van der Waals surface area contributed by atoms with Gasteiger partial charge in [0.1, 0.15) is 5.75 Å². The third-order valence-electron chi connectivity index (χ3n) is 4.76. The molecule has 4 rings (SSSR count). The fourth-order valence-electron chi connectivity index (χ4n) is 3.09. The number of aryl methyl sites for hydroxylation is 1. The zero-order valence-corrected chi connectivity index (χ0v) is 17.0. The first-order chi connectivity index (χ1) is 14.9. The second kappa shape index (κ2) is 8.23. The summed E-state index contributed by atoms with van der Waals surface area (Å²) in [6, 6.07) is 19.3. The summed E-state index contributed by atoms with van der Waals surface area (Å²) in [6.45, 7) is 1.89. The highest BCUT2D eigenvalue weighted by Crippen LogP contribution is 2.30. The lowest BCUT2D eigenvalue weighted by molar-refractivity contribution is 0.0600. The van der Waals surface area contributed by atoms with Gasteiger partial charge in [0.05, 0.1) is 18.2 Å². The van der Waals surface area contributed by atoms with Crippen LogP contribution in [0.5, 0.6) is 5.75 Å². The predicted octanol–water partition coefficient (Wildman–Crippen LogP) is 4.26. The molecule has 154 valence electrons. The molecule has 3 aromatic carbocycles. The van der Waals surface area contributed by atoms with E-state index in [-0.39, 0.29) is 5.75 Å². The van der Waals surface area contributed by atoms with E-state index in [0.717, 1.165) is 11.1 Å². The van der Waals surface area contributed by atoms with Crippen LogP contribution in [0.4, 0.5) is 5.69 Å². The Labute approximate surface area is 179 Å². The first-order valence-corrected chi connectivity index (χ1v) is 9.55. The van der Waals surface area contributed by atoms with Crippen LogP contribution in [0.2, 0.25) is 0 Å². The van der Waals surface area contributed by atoms with Gasteiger partial charge in [0, 0.05) is 16.8 Å². The summed E-state index contributed by atoms with van der Waals surface area (Å²) in [7, 11) is 1.33. The summed E-state index contributed by atoms with van der Waals surface area (Å²) < 4.78 is 4.75. The maximum atomic E-state index is 11.7. The molecule has 0 bridgehead atoms. The number of carbonyl (C=O) groups excluding carboxylic acids is 1. The van der Waals surface area contributed by atoms with Gasteiger partial charge in [-0.05, 0) is 61.0 Å². The third-order valence-corrected chi connectivity index (χ3v) is 4.76. The lowest BCUT2D eigenvalue weighted by Crippen LogP contribution is -2.02. The Morgan fingerprint density at radius 1 is 0.839 bits per heavy atom. The van der Waals surface area contributed by atoms with Crippen LogP contribution in [0.25, 0.3) is 34.2 Å². The first kappa shape index (κ1) is 20.0. The van der Waals surface area contributed by atoms with Crippen molar-refractivity contribution in [2.45, 2.75) is 6.92 Å². The number of benzene rings is 3. The highest BCUT2D eigenvalue weighted by Gasteiger charge is 2.15. The van der Waals surface area contributed by atoms with E-state index in [1.807, 2.05) is 25.1 Å². The predicted molar refractivity (Wildman–Crippen MR) is 118 cm³/mol. The van der Waals surface area contributed by atoms with Gasteiger partial charge >= 0.3 is 5.97 Å². The number of rotatable bonds is 4. The lowest BCUT2D eigenvalue weighted by Gasteiger charge is -2.10. The van der Waals surface area contributed by atoms with Crippen molar-refractivity contribution in [2.75, 3.05) is 12.8 Å². The molecule has 1 heterocycles. The number of aromatic hydroxyl groups is 1. The molecule has 7 heteroatoms. The van der Waals surface area contributed by atoms with Crippen LogP contribution in [-0.4, -0.2) is 33.1 Å². The zero-order chi connectivity index (χ0) is 22.0. The minimum absolute atomic E-state index is 0.0847. The minimum atomic E-state index is -0.421. The standard InChI is InChI=1S/C24H20N4O3/c1-14-3-12-19(20(29)13-14)23-27-21(15-4-6-17(7-5-15)24(30)31-2)26-22(28-23)16-8-10-18(25)11-9-16/h3-13,29H,25H2,1-2H3. The van der Waals surface area contributed by atoms with E-state index in [4.69, 9.17) is 10.5 Å². The van der Waals surface area contributed by atoms with Gasteiger partial charge in [0.2, 0.25) is 0 Å². The molecule has 0 aliphatic heterocycles. The van der Waals surface area contributed by atoms with Crippen molar-refractivity contribution in [2.24, 2.45) is 0 Å². The van der Waals surface area contributed by atoms with Gasteiger partial charge in [0.15, 0.2) is 17.5 Å². The van der Waals surface area contributed by atoms with Gasteiger partial charge in [-0.15, -0.1) is 0 Å². The topological polar surface area (TPSA) is 111 Å². The number of phenols is 1. The number of methoxy groups -OCH3 is 1. The number of esters is 1. The molecular formula is C24H20N4O3. The van der Waals surface area contributed by atoms with E-state index in [0.29, 0.717) is 39.9 Å². The molecule has 7 nitrogen and oxygen atoms in total. The Morgan fingerprint density at radius 2 is 1.39 bits per heavy atom. The molecule has 0 fully saturated rings. The molecule has 4 aromatic rings. The summed E-state index contributed by atoms with van der Waals surface area (Å²) in [5.74, 6) is 0.855. The summed E-state index contributed by atoms with van der Waals surface area (Å²) in [4.78, 5) is 25.5. The molecule has 0 aliphatic rings. The number of anilines is 1. The molecule has 0 amide bonds. The van der Waals surface area contributed by atoms with E-state index in [9.17, 15) is 9.90 Å². The van der Waals surface area contributed by atoms with Crippen molar-refractivity contribution in [3.8, 4) is 39.9 Å². The Kier molecular flexibility index (Phi) is 5.32. The summed E-state index contributed by atoms with van der Waals surface area (Å²) in [6.07, 6.45) is 0. The van der Waals surface area contributed by atoms with Gasteiger partial charge in [-0.25, -0.2) is 19.7 Å². The molecule has 3 N–H and O–H groups in total. The van der Waals surface area contributed by atoms with E-state index < -0.39 is 5.97 Å². The smallest absolute Gasteiger partial charge is 0.337 e. The van der Waals surface area contributed by atoms with E-state index in [1.54, 1.807) is 48.5 Å². The number of nitrogens with zero attached hydrogens (tertiary/aromatic N) is 3. The second-order valence-electron chi connectivity index (χ2n) is 7.02. The normalized spacial score (nSPS) is 10.6. The molecule has 0 atom stereocenters. The lowest BCUT2D eigenvalue weighted by atomic mass is 10.1. The van der Waals surface area contributed by atoms with Crippen LogP contribution < -0.4 is 5.73 Å². The van der Waals surface area contributed by atoms with E-state index >= 15 is 0 Å². The van der Waals surface area contributed by atoms with Crippen molar-refractivity contribution in [3.63, 3.8) is 0 Å². The van der Waals surface area contributed by atoms with Crippen molar-refractivity contribution < 1.29 is 14.6 Å². The maximum absolute atomic E-state index is 11.7. The number of hydrogen-bond acceptors (Lipinski definition) is 7. The Balaban J connectivity index is 1.87. The van der Waals surface area contributed by atoms with Crippen LogP contribution in [-0.2, 0) is 4.74 Å². The van der Waals surface area contributed by atoms with Crippen LogP contribution in [0.3, 0.4) is 0 Å². The number of nitrogen functional groups attached to an aromatic ring is 1. The molecule has 31 heavy (non-hydrogen) atoms. The van der Waals surface area contributed by atoms with E-state index in [1.165, 1.54) is 7.11 Å². The molecule has 0 saturated heterocycles. The van der Waals surface area contributed by atoms with Gasteiger partial charge < -0.3 is 15.6 Å². The molecular weight excluding hydrogens is 392 g/mol. The Morgan fingerprint density at radius 3 is 1.94 bits per heavy atom. The average Bonchev–Trinajstić information content (AvgIpc) is 2.79. The number of ether oxygens (including phenoxy) is 1. The highest BCUT2D eigenvalue weighted by molar-refractivity contribution is 5.89. The van der Waals surface area contributed by atoms with Crippen LogP contribution in [0, 0.1) is 6.92 Å². The molecule has 1 aromatic heterocycles. The van der Waals surface area contributed by atoms with Gasteiger partial charge in [-0.3, -0.25) is 0 Å². The fraction of sp³-hybridized carbons (Fsp3) is 0.0833. The van der Waals surface area contributed by atoms with E-state index in [2.05, 4.69) is 15.0 Å². The molecule has 0 aliphatic carbocycles. The number of hydrogen-bond donors (Lipinski definition) is 2. The SMILES string of the molecule is COC(=O)c1ccc(-c2nc(-c3ccc(N)cc3)nc(-c3ccc(C)cc3O)n2)cc1. The quantitative estimate of drug-likeness (QED) is 0.381. The third kappa shape index (κ3) is 4.20. The molecule has 0 unspecified atom stereocenters. The minimum Gasteiger partial charge on any atom is -0.507 e. The first-order valence-electron chi connectivity index (χ1n) is 9.55. The summed E-state index contributed by atoms with van der Waals surface area (Å²) in [5, 5.41) is 10.5. The van der Waals surface area contributed by atoms with Gasteiger partial charge in [-0.1, -0.05) is 18.2 Å². The molecule has 0 saturated carbocycles. The van der Waals surface area contributed by atoms with Gasteiger partial charge in [0.25, 0.3) is 0 Å². The van der Waals surface area contributed by atoms with Crippen molar-refractivity contribution >= 4 is 11.7 Å². The van der Waals surface area contributed by atoms with Crippen LogP contribution >= 0.6 is 0 Å². The van der Waals surface area contributed by atoms with Crippen molar-refractivity contribution in [1.29, 1.82) is 0 Å². The number of carbonyl (C=O) groups is 1. The summed E-state index contributed by atoms with van der Waals surface area (Å²) in [5.41, 5.74) is 9.74. The monoisotopic (exact) mass is 412 g/mol. The van der Waals surface area contributed by atoms with Crippen LogP contribution in [0.1, 0.15) is 15.9 Å². The number of phenolic OH excluding ortho intramolecular Hbond substituents is 1. The van der Waals surface area contributed by atoms with Gasteiger partial charge in [-0.2, -0.15) is 0 Å². The average molecular weight is 412 g/mol. The van der Waals surface area contributed by atoms with Crippen molar-refractivity contribution in [1.82, 2.24) is 15.0 Å². The second-order valence-corrected chi connectivity index (χ2v) is 7.02. The Bertz CT molecular complexity index is 1250. The van der Waals surface area contributed by atoms with Crippen molar-refractivity contribution in [3.05, 3.63) is 77.9 Å². The Hall–Kier alpha value is -4.26. The number of aromatic nitrogens is 3. The fourth-order valence-corrected chi connectivity index (χ4v) is 3.09. The summed E-state index contributed by atoms with van der Waals surface area (Å²) >= 11 is 0. The highest BCUT2D eigenvalue weighted by atomic mass is 16.5. The zero-order valence-electron chi connectivity index (χ0n) is 17.0. The molecule has 0 radical (unpaired) electrons. The van der Waals surface area contributed by atoms with Crippen LogP contribution in [0.15, 0.2) is 66.7 Å².